The predicted molar refractivity (Wildman–Crippen MR) is 70.4 cm³/mol. The second kappa shape index (κ2) is 7.52. The number of nitrogens with zero attached hydrogens (tertiary/aromatic N) is 1. The average molecular weight is 319 g/mol. The summed E-state index contributed by atoms with van der Waals surface area (Å²) in [4.78, 5) is 21.1. The van der Waals surface area contributed by atoms with Crippen LogP contribution in [-0.2, 0) is 21.6 Å². The zero-order valence-electron chi connectivity index (χ0n) is 10.7. The molecule has 10 nitrogen and oxygen atoms in total. The van der Waals surface area contributed by atoms with Crippen LogP contribution in [0.15, 0.2) is 24.3 Å². The third-order valence-electron chi connectivity index (χ3n) is 2.14. The van der Waals surface area contributed by atoms with Crippen molar-refractivity contribution in [2.45, 2.75) is 6.61 Å². The van der Waals surface area contributed by atoms with Crippen molar-refractivity contribution >= 4 is 22.0 Å². The lowest BCUT2D eigenvalue weighted by Gasteiger charge is -2.08. The van der Waals surface area contributed by atoms with Gasteiger partial charge in [-0.05, 0) is 17.7 Å². The number of ether oxygens (including phenoxy) is 1. The molecule has 0 unspecified atom stereocenters. The van der Waals surface area contributed by atoms with Crippen LogP contribution >= 0.6 is 0 Å². The second-order valence-electron chi connectivity index (χ2n) is 3.72. The Morgan fingerprint density at radius 1 is 1.33 bits per heavy atom. The summed E-state index contributed by atoms with van der Waals surface area (Å²) in [6, 6.07) is 5.22. The summed E-state index contributed by atoms with van der Waals surface area (Å²) in [5.41, 5.74) is 0.343. The number of amides is 1. The molecule has 0 radical (unpaired) electrons. The first kappa shape index (κ1) is 16.8. The van der Waals surface area contributed by atoms with E-state index in [1.54, 1.807) is 4.72 Å². The molecule has 0 bridgehead atoms. The van der Waals surface area contributed by atoms with Gasteiger partial charge in [0.2, 0.25) is 0 Å². The summed E-state index contributed by atoms with van der Waals surface area (Å²) in [5, 5.41) is 18.9. The Bertz CT molecular complexity index is 600. The van der Waals surface area contributed by atoms with Crippen LogP contribution < -0.4 is 9.44 Å². The summed E-state index contributed by atoms with van der Waals surface area (Å²) in [6.07, 6.45) is -1.21. The summed E-state index contributed by atoms with van der Waals surface area (Å²) < 4.78 is 30.6. The highest BCUT2D eigenvalue weighted by molar-refractivity contribution is 7.88. The molecule has 0 aromatic heterocycles. The number of aliphatic hydroxyl groups excluding tert-OH is 1. The molecule has 21 heavy (non-hydrogen) atoms. The normalized spacial score (nSPS) is 10.9. The van der Waals surface area contributed by atoms with Gasteiger partial charge in [0.05, 0.1) is 11.5 Å². The van der Waals surface area contributed by atoms with Crippen LogP contribution in [0.4, 0.5) is 10.5 Å². The van der Waals surface area contributed by atoms with E-state index in [2.05, 4.69) is 4.74 Å². The van der Waals surface area contributed by atoms with Crippen LogP contribution in [0.3, 0.4) is 0 Å². The van der Waals surface area contributed by atoms with E-state index in [-0.39, 0.29) is 18.8 Å². The van der Waals surface area contributed by atoms with Gasteiger partial charge in [-0.25, -0.2) is 9.52 Å². The lowest BCUT2D eigenvalue weighted by atomic mass is 10.2. The fourth-order valence-corrected chi connectivity index (χ4v) is 1.93. The number of benzene rings is 1. The highest BCUT2D eigenvalue weighted by Gasteiger charge is 2.14. The first-order valence-electron chi connectivity index (χ1n) is 5.62. The minimum absolute atomic E-state index is 0.112. The predicted octanol–water partition coefficient (Wildman–Crippen LogP) is -0.352. The third kappa shape index (κ3) is 6.16. The van der Waals surface area contributed by atoms with Crippen LogP contribution in [0.2, 0.25) is 0 Å². The molecule has 0 fully saturated rings. The van der Waals surface area contributed by atoms with Crippen LogP contribution in [0.5, 0.6) is 0 Å². The van der Waals surface area contributed by atoms with Gasteiger partial charge in [0, 0.05) is 18.7 Å². The SMILES string of the molecule is O=C(NS(=O)(=O)NCCO)OCc1ccc([N+](=O)[O-])cc1. The van der Waals surface area contributed by atoms with E-state index >= 15 is 0 Å². The molecule has 0 spiro atoms. The third-order valence-corrected chi connectivity index (χ3v) is 3.16. The van der Waals surface area contributed by atoms with Crippen LogP contribution in [0, 0.1) is 10.1 Å². The minimum Gasteiger partial charge on any atom is -0.444 e. The Balaban J connectivity index is 2.47. The van der Waals surface area contributed by atoms with Crippen molar-refractivity contribution in [2.24, 2.45) is 0 Å². The first-order chi connectivity index (χ1) is 9.84. The number of nitrogens with one attached hydrogen (secondary N) is 2. The molecular weight excluding hydrogens is 306 g/mol. The fraction of sp³-hybridized carbons (Fsp3) is 0.300. The summed E-state index contributed by atoms with van der Waals surface area (Å²) in [6.45, 7) is -0.914. The number of hydrogen-bond donors (Lipinski definition) is 3. The zero-order valence-corrected chi connectivity index (χ0v) is 11.5. The molecule has 0 aliphatic rings. The standard InChI is InChI=1S/C10H13N3O7S/c14-6-5-11-21(18,19)12-10(15)20-7-8-1-3-9(4-2-8)13(16)17/h1-4,11,14H,5-7H2,(H,12,15). The second-order valence-corrected chi connectivity index (χ2v) is 5.22. The van der Waals surface area contributed by atoms with Gasteiger partial charge in [-0.3, -0.25) is 10.1 Å². The van der Waals surface area contributed by atoms with Crippen molar-refractivity contribution in [3.8, 4) is 0 Å². The van der Waals surface area contributed by atoms with E-state index in [0.717, 1.165) is 0 Å². The number of carbonyl (C=O) groups excluding carboxylic acids is 1. The van der Waals surface area contributed by atoms with Gasteiger partial charge in [-0.2, -0.15) is 13.1 Å². The number of non-ortho nitro benzene ring substituents is 1. The number of nitro groups is 1. The maximum atomic E-state index is 11.2. The number of aliphatic hydroxyl groups is 1. The number of nitro benzene ring substituents is 1. The maximum absolute atomic E-state index is 11.2. The van der Waals surface area contributed by atoms with Crippen molar-refractivity contribution < 1.29 is 28.0 Å². The summed E-state index contributed by atoms with van der Waals surface area (Å²) in [7, 11) is -4.09. The van der Waals surface area contributed by atoms with Crippen LogP contribution in [0.1, 0.15) is 5.56 Å². The molecule has 116 valence electrons. The first-order valence-corrected chi connectivity index (χ1v) is 7.11. The molecule has 0 saturated heterocycles. The molecule has 1 aromatic carbocycles. The molecule has 3 N–H and O–H groups in total. The van der Waals surface area contributed by atoms with E-state index in [4.69, 9.17) is 5.11 Å². The Labute approximate surface area is 120 Å². The van der Waals surface area contributed by atoms with Crippen molar-refractivity contribution in [2.75, 3.05) is 13.2 Å². The molecular formula is C10H13N3O7S. The quantitative estimate of drug-likeness (QED) is 0.459. The van der Waals surface area contributed by atoms with Gasteiger partial charge < -0.3 is 9.84 Å². The Kier molecular flexibility index (Phi) is 6.02. The number of hydrogen-bond acceptors (Lipinski definition) is 7. The lowest BCUT2D eigenvalue weighted by Crippen LogP contribution is -2.41. The number of carbonyl (C=O) groups is 1. The highest BCUT2D eigenvalue weighted by Crippen LogP contribution is 2.12. The Hall–Kier alpha value is -2.24. The number of rotatable bonds is 7. The summed E-state index contributed by atoms with van der Waals surface area (Å²) >= 11 is 0. The van der Waals surface area contributed by atoms with Crippen molar-refractivity contribution in [3.63, 3.8) is 0 Å². The monoisotopic (exact) mass is 319 g/mol. The molecule has 11 heteroatoms. The highest BCUT2D eigenvalue weighted by atomic mass is 32.2. The summed E-state index contributed by atoms with van der Waals surface area (Å²) in [5.74, 6) is 0. The van der Waals surface area contributed by atoms with Gasteiger partial charge in [0.25, 0.3) is 5.69 Å². The zero-order chi connectivity index (χ0) is 15.9. The van der Waals surface area contributed by atoms with Crippen molar-refractivity contribution in [3.05, 3.63) is 39.9 Å². The fourth-order valence-electron chi connectivity index (χ4n) is 1.22. The molecule has 0 aliphatic heterocycles. The van der Waals surface area contributed by atoms with Gasteiger partial charge in [-0.1, -0.05) is 0 Å². The van der Waals surface area contributed by atoms with Crippen molar-refractivity contribution in [1.29, 1.82) is 0 Å². The lowest BCUT2D eigenvalue weighted by molar-refractivity contribution is -0.384. The maximum Gasteiger partial charge on any atom is 0.422 e. The molecule has 0 heterocycles. The molecule has 1 rings (SSSR count). The van der Waals surface area contributed by atoms with Crippen LogP contribution in [0.25, 0.3) is 0 Å². The van der Waals surface area contributed by atoms with E-state index in [0.29, 0.717) is 5.56 Å². The average Bonchev–Trinajstić information content (AvgIpc) is 2.43. The molecule has 1 aromatic rings. The molecule has 0 saturated carbocycles. The van der Waals surface area contributed by atoms with Gasteiger partial charge in [0.1, 0.15) is 6.61 Å². The molecule has 0 aliphatic carbocycles. The van der Waals surface area contributed by atoms with Gasteiger partial charge >= 0.3 is 16.3 Å². The van der Waals surface area contributed by atoms with E-state index < -0.39 is 27.8 Å². The largest absolute Gasteiger partial charge is 0.444 e. The minimum atomic E-state index is -4.09. The van der Waals surface area contributed by atoms with Gasteiger partial charge in [0.15, 0.2) is 0 Å². The van der Waals surface area contributed by atoms with E-state index in [1.165, 1.54) is 24.3 Å². The van der Waals surface area contributed by atoms with E-state index in [1.807, 2.05) is 4.72 Å². The topological polar surface area (TPSA) is 148 Å². The molecule has 0 atom stereocenters. The molecule has 1 amide bonds. The smallest absolute Gasteiger partial charge is 0.422 e. The van der Waals surface area contributed by atoms with Gasteiger partial charge in [-0.15, -0.1) is 0 Å². The van der Waals surface area contributed by atoms with Crippen LogP contribution in [-0.4, -0.2) is 37.7 Å². The van der Waals surface area contributed by atoms with E-state index in [9.17, 15) is 23.3 Å². The van der Waals surface area contributed by atoms with Crippen molar-refractivity contribution in [1.82, 2.24) is 9.44 Å². The Morgan fingerprint density at radius 2 is 1.95 bits per heavy atom. The Morgan fingerprint density at radius 3 is 2.48 bits per heavy atom.